The third-order valence-corrected chi connectivity index (χ3v) is 6.21. The Balaban J connectivity index is 1.68. The van der Waals surface area contributed by atoms with Crippen molar-refractivity contribution in [2.45, 2.75) is 65.1 Å². The van der Waals surface area contributed by atoms with Crippen LogP contribution in [0.15, 0.2) is 24.3 Å². The van der Waals surface area contributed by atoms with Crippen LogP contribution in [0.5, 0.6) is 0 Å². The number of amides is 1. The number of rotatable bonds is 10. The van der Waals surface area contributed by atoms with Crippen LogP contribution in [-0.4, -0.2) is 32.8 Å². The lowest BCUT2D eigenvalue weighted by Gasteiger charge is -2.24. The summed E-state index contributed by atoms with van der Waals surface area (Å²) in [6.07, 6.45) is 4.00. The van der Waals surface area contributed by atoms with Crippen molar-refractivity contribution in [2.24, 2.45) is 17.4 Å². The first-order valence-corrected chi connectivity index (χ1v) is 11.6. The van der Waals surface area contributed by atoms with Crippen molar-refractivity contribution in [2.75, 3.05) is 10.6 Å². The summed E-state index contributed by atoms with van der Waals surface area (Å²) in [5, 5.41) is 12.0. The molecular formula is C24H32FN7O. The van der Waals surface area contributed by atoms with Crippen molar-refractivity contribution in [1.82, 2.24) is 14.8 Å². The van der Waals surface area contributed by atoms with Gasteiger partial charge in [-0.1, -0.05) is 19.8 Å². The molecule has 3 aromatic rings. The quantitative estimate of drug-likeness (QED) is 0.369. The van der Waals surface area contributed by atoms with Gasteiger partial charge in [0.25, 0.3) is 5.91 Å². The minimum absolute atomic E-state index is 0.0161. The molecule has 1 aliphatic carbocycles. The number of nitrogens with two attached hydrogens (primary N) is 2. The summed E-state index contributed by atoms with van der Waals surface area (Å²) in [6.45, 7) is 6.77. The predicted molar refractivity (Wildman–Crippen MR) is 129 cm³/mol. The number of pyridine rings is 1. The van der Waals surface area contributed by atoms with Gasteiger partial charge in [-0.2, -0.15) is 5.10 Å². The molecule has 6 N–H and O–H groups in total. The van der Waals surface area contributed by atoms with E-state index in [9.17, 15) is 9.18 Å². The number of fused-ring (bicyclic) bond motifs is 1. The highest BCUT2D eigenvalue weighted by Crippen LogP contribution is 2.35. The van der Waals surface area contributed by atoms with Gasteiger partial charge in [0.1, 0.15) is 5.82 Å². The molecule has 1 saturated carbocycles. The van der Waals surface area contributed by atoms with Gasteiger partial charge in [-0.15, -0.1) is 0 Å². The van der Waals surface area contributed by atoms with Crippen molar-refractivity contribution >= 4 is 34.1 Å². The molecule has 1 fully saturated rings. The van der Waals surface area contributed by atoms with Crippen LogP contribution in [0.3, 0.4) is 0 Å². The summed E-state index contributed by atoms with van der Waals surface area (Å²) in [5.41, 5.74) is 14.4. The first-order valence-electron chi connectivity index (χ1n) is 11.6. The number of nitrogens with zero attached hydrogens (tertiary/aromatic N) is 3. The molecule has 0 spiro atoms. The second-order valence-corrected chi connectivity index (χ2v) is 8.84. The van der Waals surface area contributed by atoms with E-state index < -0.39 is 11.7 Å². The number of halogens is 1. The normalized spacial score (nSPS) is 15.4. The van der Waals surface area contributed by atoms with Gasteiger partial charge in [0.2, 0.25) is 0 Å². The molecule has 33 heavy (non-hydrogen) atoms. The summed E-state index contributed by atoms with van der Waals surface area (Å²) in [6, 6.07) is 6.66. The Labute approximate surface area is 192 Å². The molecule has 1 aliphatic rings. The first kappa shape index (κ1) is 23.0. The molecule has 8 nitrogen and oxygen atoms in total. The lowest BCUT2D eigenvalue weighted by atomic mass is 10.0. The molecule has 2 atom stereocenters. The Morgan fingerprint density at radius 2 is 2.03 bits per heavy atom. The third kappa shape index (κ3) is 4.93. The number of hydrogen-bond donors (Lipinski definition) is 4. The van der Waals surface area contributed by atoms with Gasteiger partial charge in [0.05, 0.1) is 16.8 Å². The van der Waals surface area contributed by atoms with Crippen molar-refractivity contribution in [3.63, 3.8) is 0 Å². The Morgan fingerprint density at radius 3 is 2.64 bits per heavy atom. The van der Waals surface area contributed by atoms with Crippen LogP contribution >= 0.6 is 0 Å². The molecule has 2 heterocycles. The van der Waals surface area contributed by atoms with Gasteiger partial charge in [-0.3, -0.25) is 9.48 Å². The van der Waals surface area contributed by atoms with Crippen molar-refractivity contribution in [1.29, 1.82) is 0 Å². The van der Waals surface area contributed by atoms with E-state index in [1.165, 1.54) is 12.8 Å². The highest BCUT2D eigenvalue weighted by molar-refractivity contribution is 5.99. The van der Waals surface area contributed by atoms with Crippen molar-refractivity contribution in [3.05, 3.63) is 41.3 Å². The molecular weight excluding hydrogens is 421 g/mol. The number of primary amides is 1. The number of anilines is 3. The SMILES string of the molecule is CCc1nn(CC)c2ccc(Nc3nc(N[C@H](CC4CC4)[C@H](C)N)c(F)cc3C(N)=O)cc12. The summed E-state index contributed by atoms with van der Waals surface area (Å²) < 4.78 is 16.8. The van der Waals surface area contributed by atoms with Crippen LogP contribution in [0.2, 0.25) is 0 Å². The lowest BCUT2D eigenvalue weighted by molar-refractivity contribution is 0.100. The van der Waals surface area contributed by atoms with Crippen LogP contribution < -0.4 is 22.1 Å². The van der Waals surface area contributed by atoms with E-state index in [0.717, 1.165) is 42.0 Å². The van der Waals surface area contributed by atoms with E-state index >= 15 is 0 Å². The molecule has 176 valence electrons. The molecule has 0 saturated heterocycles. The molecule has 1 amide bonds. The fraction of sp³-hybridized carbons (Fsp3) is 0.458. The molecule has 0 aliphatic heterocycles. The van der Waals surface area contributed by atoms with Gasteiger partial charge in [-0.25, -0.2) is 9.37 Å². The summed E-state index contributed by atoms with van der Waals surface area (Å²) >= 11 is 0. The number of hydrogen-bond acceptors (Lipinski definition) is 6. The Morgan fingerprint density at radius 1 is 1.27 bits per heavy atom. The van der Waals surface area contributed by atoms with E-state index in [-0.39, 0.29) is 29.3 Å². The molecule has 0 bridgehead atoms. The Bertz CT molecular complexity index is 1170. The standard InChI is InChI=1S/C24H32FN7O/c1-4-19-16-11-15(8-9-21(16)32(5-2)31-19)28-23-17(22(27)33)12-18(25)24(30-23)29-20(13(3)26)10-14-6-7-14/h8-9,11-14,20H,4-7,10,26H2,1-3H3,(H2,27,33)(H2,28,29,30)/t13-,20+/m0/s1. The van der Waals surface area contributed by atoms with E-state index in [4.69, 9.17) is 11.5 Å². The Kier molecular flexibility index (Phi) is 6.51. The van der Waals surface area contributed by atoms with Crippen molar-refractivity contribution < 1.29 is 9.18 Å². The smallest absolute Gasteiger partial charge is 0.252 e. The average Bonchev–Trinajstić information content (AvgIpc) is 3.53. The van der Waals surface area contributed by atoms with Gasteiger partial charge >= 0.3 is 0 Å². The number of benzene rings is 1. The number of carbonyl (C=O) groups excluding carboxylic acids is 1. The maximum atomic E-state index is 14.8. The predicted octanol–water partition coefficient (Wildman–Crippen LogP) is 3.92. The van der Waals surface area contributed by atoms with E-state index in [2.05, 4.69) is 27.6 Å². The summed E-state index contributed by atoms with van der Waals surface area (Å²) in [7, 11) is 0. The lowest BCUT2D eigenvalue weighted by Crippen LogP contribution is -2.39. The first-order chi connectivity index (χ1) is 15.8. The fourth-order valence-corrected chi connectivity index (χ4v) is 4.13. The number of aromatic nitrogens is 3. The summed E-state index contributed by atoms with van der Waals surface area (Å²) in [4.78, 5) is 16.4. The van der Waals surface area contributed by atoms with Crippen LogP contribution in [0, 0.1) is 11.7 Å². The van der Waals surface area contributed by atoms with Crippen LogP contribution in [0.1, 0.15) is 56.1 Å². The maximum absolute atomic E-state index is 14.8. The average molecular weight is 454 g/mol. The zero-order chi connectivity index (χ0) is 23.7. The maximum Gasteiger partial charge on any atom is 0.252 e. The topological polar surface area (TPSA) is 124 Å². The van der Waals surface area contributed by atoms with Gasteiger partial charge < -0.3 is 22.1 Å². The molecule has 2 aromatic heterocycles. The van der Waals surface area contributed by atoms with Crippen molar-refractivity contribution in [3.8, 4) is 0 Å². The van der Waals surface area contributed by atoms with Crippen LogP contribution in [-0.2, 0) is 13.0 Å². The minimum Gasteiger partial charge on any atom is -0.365 e. The van der Waals surface area contributed by atoms with Crippen LogP contribution in [0.25, 0.3) is 10.9 Å². The highest BCUT2D eigenvalue weighted by Gasteiger charge is 2.28. The van der Waals surface area contributed by atoms with E-state index in [0.29, 0.717) is 11.6 Å². The van der Waals surface area contributed by atoms with Gasteiger partial charge in [0.15, 0.2) is 11.6 Å². The molecule has 4 rings (SSSR count). The number of carbonyl (C=O) groups is 1. The second-order valence-electron chi connectivity index (χ2n) is 8.84. The zero-order valence-electron chi connectivity index (χ0n) is 19.4. The van der Waals surface area contributed by atoms with Crippen LogP contribution in [0.4, 0.5) is 21.7 Å². The molecule has 0 unspecified atom stereocenters. The Hall–Kier alpha value is -3.20. The monoisotopic (exact) mass is 453 g/mol. The minimum atomic E-state index is -0.758. The van der Waals surface area contributed by atoms with E-state index in [1.807, 2.05) is 36.7 Å². The molecule has 1 aromatic carbocycles. The number of nitrogens with one attached hydrogen (secondary N) is 2. The molecule has 0 radical (unpaired) electrons. The third-order valence-electron chi connectivity index (χ3n) is 6.21. The fourth-order valence-electron chi connectivity index (χ4n) is 4.13. The highest BCUT2D eigenvalue weighted by atomic mass is 19.1. The summed E-state index contributed by atoms with van der Waals surface area (Å²) in [5.74, 6) is -0.529. The molecule has 9 heteroatoms. The van der Waals surface area contributed by atoms with Gasteiger partial charge in [0, 0.05) is 29.7 Å². The largest absolute Gasteiger partial charge is 0.365 e. The second kappa shape index (κ2) is 9.35. The zero-order valence-corrected chi connectivity index (χ0v) is 19.4. The number of aryl methyl sites for hydroxylation is 2. The van der Waals surface area contributed by atoms with Gasteiger partial charge in [-0.05, 0) is 56.9 Å². The van der Waals surface area contributed by atoms with E-state index in [1.54, 1.807) is 0 Å².